The third kappa shape index (κ3) is 1.47. The van der Waals surface area contributed by atoms with Crippen molar-refractivity contribution in [1.82, 2.24) is 9.97 Å². The third-order valence-corrected chi connectivity index (χ3v) is 3.52. The number of halogens is 2. The molecule has 0 aromatic carbocycles. The van der Waals surface area contributed by atoms with Crippen LogP contribution >= 0.6 is 31.9 Å². The maximum absolute atomic E-state index is 4.21. The molecule has 0 saturated heterocycles. The first-order valence-corrected chi connectivity index (χ1v) is 4.92. The second kappa shape index (κ2) is 2.52. The Labute approximate surface area is 81.7 Å². The summed E-state index contributed by atoms with van der Waals surface area (Å²) in [5.41, 5.74) is 1.06. The van der Waals surface area contributed by atoms with E-state index in [2.05, 4.69) is 41.8 Å². The largest absolute Gasteiger partial charge is 0.261 e. The lowest BCUT2D eigenvalue weighted by atomic mass is 10.3. The lowest BCUT2D eigenvalue weighted by Gasteiger charge is -1.97. The summed E-state index contributed by atoms with van der Waals surface area (Å²) in [6.07, 6.45) is 6.32. The Hall–Kier alpha value is 0.0400. The van der Waals surface area contributed by atoms with Crippen molar-refractivity contribution in [3.8, 4) is 0 Å². The molecule has 1 aromatic rings. The van der Waals surface area contributed by atoms with Gasteiger partial charge in [-0.1, -0.05) is 31.9 Å². The maximum atomic E-state index is 4.21. The number of nitrogens with zero attached hydrogens (tertiary/aromatic N) is 2. The molecule has 1 saturated carbocycles. The van der Waals surface area contributed by atoms with Crippen LogP contribution in [-0.2, 0) is 0 Å². The normalized spacial score (nSPS) is 26.5. The molecule has 0 spiro atoms. The minimum Gasteiger partial charge on any atom is -0.261 e. The fraction of sp³-hybridized carbons (Fsp3) is 0.429. The van der Waals surface area contributed by atoms with Gasteiger partial charge in [0.2, 0.25) is 0 Å². The molecule has 0 radical (unpaired) electrons. The van der Waals surface area contributed by atoms with Gasteiger partial charge in [-0.05, 0) is 6.42 Å². The van der Waals surface area contributed by atoms with E-state index in [4.69, 9.17) is 0 Å². The van der Waals surface area contributed by atoms with Crippen LogP contribution in [0.2, 0.25) is 0 Å². The van der Waals surface area contributed by atoms with E-state index >= 15 is 0 Å². The minimum atomic E-state index is 0.0933. The molecule has 0 amide bonds. The Balaban J connectivity index is 2.21. The SMILES string of the molecule is BrC1(Br)CC1c1cnccn1. The predicted octanol–water partition coefficient (Wildman–Crippen LogP) is 2.45. The lowest BCUT2D eigenvalue weighted by Crippen LogP contribution is -1.92. The average molecular weight is 278 g/mol. The van der Waals surface area contributed by atoms with Gasteiger partial charge >= 0.3 is 0 Å². The molecule has 1 heterocycles. The molecule has 0 aliphatic heterocycles. The van der Waals surface area contributed by atoms with Gasteiger partial charge in [-0.2, -0.15) is 0 Å². The van der Waals surface area contributed by atoms with Crippen molar-refractivity contribution in [1.29, 1.82) is 0 Å². The van der Waals surface area contributed by atoms with Crippen LogP contribution in [0.1, 0.15) is 18.0 Å². The van der Waals surface area contributed by atoms with Gasteiger partial charge in [0.05, 0.1) is 8.93 Å². The third-order valence-electron chi connectivity index (χ3n) is 1.77. The van der Waals surface area contributed by atoms with Gasteiger partial charge in [-0.3, -0.25) is 9.97 Å². The zero-order chi connectivity index (χ0) is 7.90. The second-order valence-electron chi connectivity index (χ2n) is 2.65. The topological polar surface area (TPSA) is 25.8 Å². The van der Waals surface area contributed by atoms with Crippen LogP contribution in [0.3, 0.4) is 0 Å². The van der Waals surface area contributed by atoms with Crippen molar-refractivity contribution >= 4 is 31.9 Å². The molecule has 2 rings (SSSR count). The van der Waals surface area contributed by atoms with E-state index in [-0.39, 0.29) is 3.23 Å². The van der Waals surface area contributed by atoms with Crippen molar-refractivity contribution in [2.75, 3.05) is 0 Å². The van der Waals surface area contributed by atoms with Gasteiger partial charge in [0.1, 0.15) is 0 Å². The van der Waals surface area contributed by atoms with Gasteiger partial charge in [0.25, 0.3) is 0 Å². The zero-order valence-electron chi connectivity index (χ0n) is 5.67. The van der Waals surface area contributed by atoms with Crippen molar-refractivity contribution < 1.29 is 0 Å². The molecular weight excluding hydrogens is 272 g/mol. The van der Waals surface area contributed by atoms with E-state index in [1.807, 2.05) is 6.20 Å². The number of alkyl halides is 2. The molecule has 0 N–H and O–H groups in total. The standard InChI is InChI=1S/C7H6Br2N2/c8-7(9)3-5(7)6-4-10-1-2-11-6/h1-2,4-5H,3H2. The molecule has 1 aliphatic rings. The van der Waals surface area contributed by atoms with E-state index in [0.29, 0.717) is 5.92 Å². The Morgan fingerprint density at radius 1 is 1.45 bits per heavy atom. The van der Waals surface area contributed by atoms with E-state index in [9.17, 15) is 0 Å². The molecule has 1 atom stereocenters. The summed E-state index contributed by atoms with van der Waals surface area (Å²) >= 11 is 7.08. The maximum Gasteiger partial charge on any atom is 0.0897 e. The highest BCUT2D eigenvalue weighted by molar-refractivity contribution is 9.25. The van der Waals surface area contributed by atoms with Crippen LogP contribution in [0, 0.1) is 0 Å². The molecule has 0 bridgehead atoms. The molecular formula is C7H6Br2N2. The van der Waals surface area contributed by atoms with Gasteiger partial charge in [-0.15, -0.1) is 0 Å². The molecule has 2 nitrogen and oxygen atoms in total. The summed E-state index contributed by atoms with van der Waals surface area (Å²) in [7, 11) is 0. The van der Waals surface area contributed by atoms with Crippen LogP contribution < -0.4 is 0 Å². The highest BCUT2D eigenvalue weighted by Gasteiger charge is 2.52. The van der Waals surface area contributed by atoms with Gasteiger partial charge in [0, 0.05) is 24.5 Å². The first-order chi connectivity index (χ1) is 5.20. The van der Waals surface area contributed by atoms with Gasteiger partial charge < -0.3 is 0 Å². The van der Waals surface area contributed by atoms with Crippen LogP contribution in [0.4, 0.5) is 0 Å². The molecule has 1 aromatic heterocycles. The minimum absolute atomic E-state index is 0.0933. The molecule has 58 valence electrons. The summed E-state index contributed by atoms with van der Waals surface area (Å²) in [4.78, 5) is 8.22. The Morgan fingerprint density at radius 3 is 2.64 bits per heavy atom. The highest BCUT2D eigenvalue weighted by atomic mass is 79.9. The van der Waals surface area contributed by atoms with Gasteiger partial charge in [-0.25, -0.2) is 0 Å². The second-order valence-corrected chi connectivity index (χ2v) is 6.54. The van der Waals surface area contributed by atoms with E-state index in [1.54, 1.807) is 12.4 Å². The van der Waals surface area contributed by atoms with Crippen molar-refractivity contribution in [3.05, 3.63) is 24.3 Å². The summed E-state index contributed by atoms with van der Waals surface area (Å²) < 4.78 is 0.0933. The van der Waals surface area contributed by atoms with Crippen LogP contribution in [0.25, 0.3) is 0 Å². The van der Waals surface area contributed by atoms with Crippen LogP contribution in [0.15, 0.2) is 18.6 Å². The predicted molar refractivity (Wildman–Crippen MR) is 50.0 cm³/mol. The number of hydrogen-bond donors (Lipinski definition) is 0. The van der Waals surface area contributed by atoms with Crippen LogP contribution in [-0.4, -0.2) is 13.2 Å². The first-order valence-electron chi connectivity index (χ1n) is 3.34. The highest BCUT2D eigenvalue weighted by Crippen LogP contribution is 2.61. The van der Waals surface area contributed by atoms with Crippen molar-refractivity contribution in [3.63, 3.8) is 0 Å². The van der Waals surface area contributed by atoms with Crippen molar-refractivity contribution in [2.24, 2.45) is 0 Å². The Bertz CT molecular complexity index is 260. The summed E-state index contributed by atoms with van der Waals surface area (Å²) in [6.45, 7) is 0. The lowest BCUT2D eigenvalue weighted by molar-refractivity contribution is 0.987. The first kappa shape index (κ1) is 7.68. The van der Waals surface area contributed by atoms with E-state index < -0.39 is 0 Å². The Kier molecular flexibility index (Phi) is 1.76. The molecule has 11 heavy (non-hydrogen) atoms. The summed E-state index contributed by atoms with van der Waals surface area (Å²) in [5, 5.41) is 0. The van der Waals surface area contributed by atoms with Gasteiger partial charge in [0.15, 0.2) is 0 Å². The average Bonchev–Trinajstić information content (AvgIpc) is 2.62. The number of aromatic nitrogens is 2. The molecule has 4 heteroatoms. The summed E-state index contributed by atoms with van der Waals surface area (Å²) in [6, 6.07) is 0. The number of rotatable bonds is 1. The Morgan fingerprint density at radius 2 is 2.18 bits per heavy atom. The molecule has 1 aliphatic carbocycles. The molecule has 1 unspecified atom stereocenters. The van der Waals surface area contributed by atoms with Crippen LogP contribution in [0.5, 0.6) is 0 Å². The van der Waals surface area contributed by atoms with E-state index in [1.165, 1.54) is 0 Å². The quantitative estimate of drug-likeness (QED) is 0.737. The smallest absolute Gasteiger partial charge is 0.0897 e. The summed E-state index contributed by atoms with van der Waals surface area (Å²) in [5.74, 6) is 0.483. The monoisotopic (exact) mass is 276 g/mol. The fourth-order valence-corrected chi connectivity index (χ4v) is 2.14. The zero-order valence-corrected chi connectivity index (χ0v) is 8.84. The number of hydrogen-bond acceptors (Lipinski definition) is 2. The van der Waals surface area contributed by atoms with E-state index in [0.717, 1.165) is 12.1 Å². The van der Waals surface area contributed by atoms with Crippen molar-refractivity contribution in [2.45, 2.75) is 15.6 Å². The fourth-order valence-electron chi connectivity index (χ4n) is 1.02. The molecule has 1 fully saturated rings.